The van der Waals surface area contributed by atoms with Gasteiger partial charge in [-0.25, -0.2) is 4.39 Å². The summed E-state index contributed by atoms with van der Waals surface area (Å²) in [4.78, 5) is 14.5. The van der Waals surface area contributed by atoms with E-state index in [2.05, 4.69) is 34.5 Å². The number of halogens is 1. The fourth-order valence-electron chi connectivity index (χ4n) is 3.34. The third kappa shape index (κ3) is 5.92. The number of benzene rings is 2. The van der Waals surface area contributed by atoms with Crippen LogP contribution in [0.4, 0.5) is 4.39 Å². The highest BCUT2D eigenvalue weighted by Crippen LogP contribution is 2.18. The predicted molar refractivity (Wildman–Crippen MR) is 109 cm³/mol. The van der Waals surface area contributed by atoms with Crippen LogP contribution in [0.5, 0.6) is 5.75 Å². The van der Waals surface area contributed by atoms with E-state index in [0.29, 0.717) is 12.1 Å². The fraction of sp³-hybridized carbons (Fsp3) is 0.348. The van der Waals surface area contributed by atoms with Gasteiger partial charge in [-0.05, 0) is 60.8 Å². The molecule has 0 aromatic heterocycles. The minimum absolute atomic E-state index is 0.185. The maximum absolute atomic E-state index is 13.7. The first-order valence-corrected chi connectivity index (χ1v) is 9.73. The molecule has 1 amide bonds. The summed E-state index contributed by atoms with van der Waals surface area (Å²) in [5.41, 5.74) is 2.97. The standard InChI is InChI=1S/C23H27FN2O2/c1-28-22-11-9-18(15-21(22)24)10-12-23(27)25-16-19-5-7-20(8-6-19)17-26-13-3-2-4-14-26/h5-12,15H,2-4,13-14,16-17H2,1H3,(H,25,27)/b12-10+. The van der Waals surface area contributed by atoms with Gasteiger partial charge in [0.2, 0.25) is 5.91 Å². The van der Waals surface area contributed by atoms with E-state index < -0.39 is 5.82 Å². The molecule has 0 spiro atoms. The Hall–Kier alpha value is -2.66. The van der Waals surface area contributed by atoms with E-state index in [4.69, 9.17) is 4.74 Å². The summed E-state index contributed by atoms with van der Waals surface area (Å²) in [6.07, 6.45) is 6.92. The number of ether oxygens (including phenoxy) is 1. The van der Waals surface area contributed by atoms with E-state index in [0.717, 1.165) is 12.1 Å². The second-order valence-electron chi connectivity index (χ2n) is 7.10. The van der Waals surface area contributed by atoms with Crippen molar-refractivity contribution in [3.8, 4) is 5.75 Å². The molecule has 28 heavy (non-hydrogen) atoms. The molecule has 0 saturated carbocycles. The number of nitrogens with one attached hydrogen (secondary N) is 1. The van der Waals surface area contributed by atoms with Crippen LogP contribution in [0.2, 0.25) is 0 Å². The number of rotatable bonds is 7. The van der Waals surface area contributed by atoms with Gasteiger partial charge < -0.3 is 10.1 Å². The van der Waals surface area contributed by atoms with Crippen LogP contribution in [0.3, 0.4) is 0 Å². The van der Waals surface area contributed by atoms with Gasteiger partial charge in [0.05, 0.1) is 7.11 Å². The first-order chi connectivity index (χ1) is 13.6. The molecular formula is C23H27FN2O2. The Labute approximate surface area is 166 Å². The molecule has 3 rings (SSSR count). The largest absolute Gasteiger partial charge is 0.494 e. The van der Waals surface area contributed by atoms with Gasteiger partial charge in [-0.2, -0.15) is 0 Å². The summed E-state index contributed by atoms with van der Waals surface area (Å²) in [5, 5.41) is 2.85. The van der Waals surface area contributed by atoms with E-state index >= 15 is 0 Å². The molecule has 1 heterocycles. The second-order valence-corrected chi connectivity index (χ2v) is 7.10. The highest BCUT2D eigenvalue weighted by atomic mass is 19.1. The van der Waals surface area contributed by atoms with Gasteiger partial charge in [0.15, 0.2) is 11.6 Å². The van der Waals surface area contributed by atoms with Gasteiger partial charge in [-0.1, -0.05) is 36.8 Å². The van der Waals surface area contributed by atoms with Crippen molar-refractivity contribution >= 4 is 12.0 Å². The SMILES string of the molecule is COc1ccc(/C=C/C(=O)NCc2ccc(CN3CCCCC3)cc2)cc1F. The summed E-state index contributed by atoms with van der Waals surface area (Å²) in [5.74, 6) is -0.478. The average molecular weight is 382 g/mol. The van der Waals surface area contributed by atoms with Crippen molar-refractivity contribution in [2.45, 2.75) is 32.4 Å². The molecule has 1 saturated heterocycles. The number of carbonyl (C=O) groups excluding carboxylic acids is 1. The zero-order valence-electron chi connectivity index (χ0n) is 16.3. The Morgan fingerprint density at radius 1 is 1.11 bits per heavy atom. The summed E-state index contributed by atoms with van der Waals surface area (Å²) in [6.45, 7) is 3.82. The zero-order valence-corrected chi connectivity index (χ0v) is 16.3. The fourth-order valence-corrected chi connectivity index (χ4v) is 3.34. The van der Waals surface area contributed by atoms with Gasteiger partial charge in [-0.15, -0.1) is 0 Å². The van der Waals surface area contributed by atoms with Crippen molar-refractivity contribution in [1.82, 2.24) is 10.2 Å². The number of amides is 1. The minimum Gasteiger partial charge on any atom is -0.494 e. The molecule has 4 nitrogen and oxygen atoms in total. The highest BCUT2D eigenvalue weighted by Gasteiger charge is 2.10. The number of hydrogen-bond donors (Lipinski definition) is 1. The third-order valence-electron chi connectivity index (χ3n) is 4.95. The number of likely N-dealkylation sites (tertiary alicyclic amines) is 1. The van der Waals surface area contributed by atoms with Crippen molar-refractivity contribution in [3.05, 3.63) is 71.0 Å². The van der Waals surface area contributed by atoms with Crippen LogP contribution in [0.1, 0.15) is 36.0 Å². The molecule has 5 heteroatoms. The lowest BCUT2D eigenvalue weighted by atomic mass is 10.1. The smallest absolute Gasteiger partial charge is 0.244 e. The molecule has 2 aromatic carbocycles. The Bertz CT molecular complexity index is 812. The summed E-state index contributed by atoms with van der Waals surface area (Å²) >= 11 is 0. The maximum Gasteiger partial charge on any atom is 0.244 e. The van der Waals surface area contributed by atoms with Crippen LogP contribution in [0.15, 0.2) is 48.5 Å². The Balaban J connectivity index is 1.46. The Morgan fingerprint density at radius 3 is 2.50 bits per heavy atom. The predicted octanol–water partition coefficient (Wildman–Crippen LogP) is 4.15. The molecule has 0 aliphatic carbocycles. The molecule has 1 aliphatic heterocycles. The molecule has 0 radical (unpaired) electrons. The lowest BCUT2D eigenvalue weighted by Gasteiger charge is -2.26. The van der Waals surface area contributed by atoms with Gasteiger partial charge >= 0.3 is 0 Å². The highest BCUT2D eigenvalue weighted by molar-refractivity contribution is 5.91. The van der Waals surface area contributed by atoms with Gasteiger partial charge in [0, 0.05) is 19.2 Å². The van der Waals surface area contributed by atoms with E-state index in [9.17, 15) is 9.18 Å². The monoisotopic (exact) mass is 382 g/mol. The minimum atomic E-state index is -0.449. The first-order valence-electron chi connectivity index (χ1n) is 9.73. The number of nitrogens with zero attached hydrogens (tertiary/aromatic N) is 1. The van der Waals surface area contributed by atoms with Gasteiger partial charge in [0.1, 0.15) is 0 Å². The van der Waals surface area contributed by atoms with Crippen molar-refractivity contribution in [3.63, 3.8) is 0 Å². The van der Waals surface area contributed by atoms with Crippen LogP contribution in [-0.4, -0.2) is 31.0 Å². The van der Waals surface area contributed by atoms with Gasteiger partial charge in [-0.3, -0.25) is 9.69 Å². The van der Waals surface area contributed by atoms with E-state index in [-0.39, 0.29) is 11.7 Å². The number of piperidine rings is 1. The number of methoxy groups -OCH3 is 1. The van der Waals surface area contributed by atoms with Crippen molar-refractivity contribution in [2.24, 2.45) is 0 Å². The van der Waals surface area contributed by atoms with E-state index in [1.165, 1.54) is 57.2 Å². The van der Waals surface area contributed by atoms with E-state index in [1.807, 2.05) is 0 Å². The van der Waals surface area contributed by atoms with E-state index in [1.54, 1.807) is 18.2 Å². The molecule has 0 unspecified atom stereocenters. The zero-order chi connectivity index (χ0) is 19.8. The summed E-state index contributed by atoms with van der Waals surface area (Å²) in [7, 11) is 1.42. The van der Waals surface area contributed by atoms with Crippen LogP contribution >= 0.6 is 0 Å². The summed E-state index contributed by atoms with van der Waals surface area (Å²) < 4.78 is 18.5. The first kappa shape index (κ1) is 20.1. The van der Waals surface area contributed by atoms with Crippen molar-refractivity contribution < 1.29 is 13.9 Å². The number of hydrogen-bond acceptors (Lipinski definition) is 3. The molecule has 0 atom stereocenters. The summed E-state index contributed by atoms with van der Waals surface area (Å²) in [6, 6.07) is 13.0. The average Bonchev–Trinajstić information content (AvgIpc) is 2.72. The van der Waals surface area contributed by atoms with Crippen LogP contribution in [-0.2, 0) is 17.9 Å². The van der Waals surface area contributed by atoms with Crippen molar-refractivity contribution in [2.75, 3.05) is 20.2 Å². The Kier molecular flexibility index (Phi) is 7.20. The number of carbonyl (C=O) groups is 1. The second kappa shape index (κ2) is 10.0. The molecule has 1 aliphatic rings. The lowest BCUT2D eigenvalue weighted by Crippen LogP contribution is -2.29. The molecule has 2 aromatic rings. The molecule has 1 fully saturated rings. The van der Waals surface area contributed by atoms with Crippen LogP contribution in [0, 0.1) is 5.82 Å². The topological polar surface area (TPSA) is 41.6 Å². The molecular weight excluding hydrogens is 355 g/mol. The van der Waals surface area contributed by atoms with Gasteiger partial charge in [0.25, 0.3) is 0 Å². The molecule has 0 bridgehead atoms. The van der Waals surface area contributed by atoms with Crippen LogP contribution in [0.25, 0.3) is 6.08 Å². The Morgan fingerprint density at radius 2 is 1.82 bits per heavy atom. The molecule has 1 N–H and O–H groups in total. The lowest BCUT2D eigenvalue weighted by molar-refractivity contribution is -0.116. The molecule has 148 valence electrons. The maximum atomic E-state index is 13.7. The normalized spacial score (nSPS) is 14.9. The third-order valence-corrected chi connectivity index (χ3v) is 4.95. The quantitative estimate of drug-likeness (QED) is 0.732. The van der Waals surface area contributed by atoms with Crippen LogP contribution < -0.4 is 10.1 Å². The van der Waals surface area contributed by atoms with Crippen molar-refractivity contribution in [1.29, 1.82) is 0 Å².